The summed E-state index contributed by atoms with van der Waals surface area (Å²) in [5.41, 5.74) is 2.80. The monoisotopic (exact) mass is 414 g/mol. The number of hydrogen-bond donors (Lipinski definition) is 0. The number of nitrogens with zero attached hydrogens (tertiary/aromatic N) is 2. The summed E-state index contributed by atoms with van der Waals surface area (Å²) in [5.74, 6) is 0.00357. The average Bonchev–Trinajstić information content (AvgIpc) is 2.74. The lowest BCUT2D eigenvalue weighted by Gasteiger charge is -2.33. The first kappa shape index (κ1) is 21.5. The second-order valence-corrected chi connectivity index (χ2v) is 9.69. The van der Waals surface area contributed by atoms with Crippen LogP contribution >= 0.6 is 0 Å². The van der Waals surface area contributed by atoms with Crippen LogP contribution in [0.4, 0.5) is 0 Å². The molecule has 1 heterocycles. The van der Waals surface area contributed by atoms with Crippen LogP contribution in [0.2, 0.25) is 0 Å². The van der Waals surface area contributed by atoms with Crippen LogP contribution in [-0.2, 0) is 21.4 Å². The Kier molecular flexibility index (Phi) is 6.75. The highest BCUT2D eigenvalue weighted by molar-refractivity contribution is 7.89. The van der Waals surface area contributed by atoms with Crippen molar-refractivity contribution in [1.29, 1.82) is 0 Å². The highest BCUT2D eigenvalue weighted by Gasteiger charge is 2.34. The standard InChI is InChI=1S/C23H30N2O3S/c1-4-24(17-20-8-6-5-7-9-20)23(26)21-12-14-25(15-13-21)29(27,28)22-16-18(2)10-11-19(22)3/h5-11,16,21H,4,12-15,17H2,1-3H3. The minimum absolute atomic E-state index is 0.122. The maximum absolute atomic E-state index is 13.1. The van der Waals surface area contributed by atoms with Gasteiger partial charge in [-0.2, -0.15) is 4.31 Å². The molecule has 0 saturated carbocycles. The lowest BCUT2D eigenvalue weighted by atomic mass is 9.96. The van der Waals surface area contributed by atoms with Crippen molar-refractivity contribution in [2.45, 2.75) is 45.1 Å². The number of benzene rings is 2. The fourth-order valence-electron chi connectivity index (χ4n) is 3.87. The van der Waals surface area contributed by atoms with Crippen molar-refractivity contribution in [3.05, 3.63) is 65.2 Å². The number of carbonyl (C=O) groups excluding carboxylic acids is 1. The van der Waals surface area contributed by atoms with Gasteiger partial charge < -0.3 is 4.90 Å². The van der Waals surface area contributed by atoms with Gasteiger partial charge in [0, 0.05) is 32.1 Å². The Bertz CT molecular complexity index is 949. The van der Waals surface area contributed by atoms with E-state index in [-0.39, 0.29) is 11.8 Å². The van der Waals surface area contributed by atoms with Crippen LogP contribution in [0.5, 0.6) is 0 Å². The van der Waals surface area contributed by atoms with Gasteiger partial charge in [-0.25, -0.2) is 8.42 Å². The van der Waals surface area contributed by atoms with Gasteiger partial charge in [0.25, 0.3) is 0 Å². The zero-order valence-electron chi connectivity index (χ0n) is 17.5. The smallest absolute Gasteiger partial charge is 0.243 e. The number of hydrogen-bond acceptors (Lipinski definition) is 3. The molecule has 0 atom stereocenters. The molecule has 0 aromatic heterocycles. The maximum Gasteiger partial charge on any atom is 0.243 e. The minimum atomic E-state index is -3.53. The molecule has 29 heavy (non-hydrogen) atoms. The van der Waals surface area contributed by atoms with Gasteiger partial charge in [-0.15, -0.1) is 0 Å². The van der Waals surface area contributed by atoms with Crippen LogP contribution in [-0.4, -0.2) is 43.2 Å². The van der Waals surface area contributed by atoms with Crippen molar-refractivity contribution in [2.75, 3.05) is 19.6 Å². The second-order valence-electron chi connectivity index (χ2n) is 7.79. The SMILES string of the molecule is CCN(Cc1ccccc1)C(=O)C1CCN(S(=O)(=O)c2cc(C)ccc2C)CC1. The molecule has 0 bridgehead atoms. The number of rotatable bonds is 6. The summed E-state index contributed by atoms with van der Waals surface area (Å²) in [4.78, 5) is 15.3. The van der Waals surface area contributed by atoms with E-state index in [1.165, 1.54) is 4.31 Å². The molecule has 6 heteroatoms. The summed E-state index contributed by atoms with van der Waals surface area (Å²) in [5, 5.41) is 0. The van der Waals surface area contributed by atoms with Crippen molar-refractivity contribution >= 4 is 15.9 Å². The summed E-state index contributed by atoms with van der Waals surface area (Å²) >= 11 is 0. The molecule has 5 nitrogen and oxygen atoms in total. The Morgan fingerprint density at radius 2 is 1.72 bits per heavy atom. The van der Waals surface area contributed by atoms with E-state index in [2.05, 4.69) is 0 Å². The Morgan fingerprint density at radius 1 is 1.07 bits per heavy atom. The van der Waals surface area contributed by atoms with E-state index in [1.54, 1.807) is 6.07 Å². The van der Waals surface area contributed by atoms with Crippen LogP contribution in [0, 0.1) is 19.8 Å². The molecule has 1 saturated heterocycles. The van der Waals surface area contributed by atoms with E-state index in [0.717, 1.165) is 16.7 Å². The number of piperidine rings is 1. The second kappa shape index (κ2) is 9.09. The van der Waals surface area contributed by atoms with Gasteiger partial charge in [-0.1, -0.05) is 42.5 Å². The Labute approximate surface area is 174 Å². The minimum Gasteiger partial charge on any atom is -0.338 e. The first-order valence-corrected chi connectivity index (χ1v) is 11.7. The van der Waals surface area contributed by atoms with Crippen LogP contribution in [0.25, 0.3) is 0 Å². The molecule has 2 aromatic carbocycles. The predicted octanol–water partition coefficient (Wildman–Crippen LogP) is 3.75. The van der Waals surface area contributed by atoms with Gasteiger partial charge in [0.2, 0.25) is 15.9 Å². The van der Waals surface area contributed by atoms with E-state index in [0.29, 0.717) is 43.9 Å². The Hall–Kier alpha value is -2.18. The first-order chi connectivity index (χ1) is 13.8. The summed E-state index contributed by atoms with van der Waals surface area (Å²) in [6, 6.07) is 15.5. The quantitative estimate of drug-likeness (QED) is 0.723. The molecule has 2 aromatic rings. The van der Waals surface area contributed by atoms with Crippen molar-refractivity contribution in [1.82, 2.24) is 9.21 Å². The maximum atomic E-state index is 13.1. The molecule has 0 unspecified atom stereocenters. The highest BCUT2D eigenvalue weighted by Crippen LogP contribution is 2.27. The van der Waals surface area contributed by atoms with E-state index >= 15 is 0 Å². The molecule has 0 aliphatic carbocycles. The molecule has 1 aliphatic rings. The number of aryl methyl sites for hydroxylation is 2. The third kappa shape index (κ3) is 4.87. The average molecular weight is 415 g/mol. The Morgan fingerprint density at radius 3 is 2.34 bits per heavy atom. The zero-order chi connectivity index (χ0) is 21.0. The van der Waals surface area contributed by atoms with E-state index in [4.69, 9.17) is 0 Å². The van der Waals surface area contributed by atoms with Crippen LogP contribution in [0.1, 0.15) is 36.5 Å². The molecule has 3 rings (SSSR count). The Balaban J connectivity index is 1.66. The van der Waals surface area contributed by atoms with Crippen molar-refractivity contribution in [3.63, 3.8) is 0 Å². The molecule has 1 fully saturated rings. The van der Waals surface area contributed by atoms with Gasteiger partial charge >= 0.3 is 0 Å². The molecule has 1 aliphatic heterocycles. The predicted molar refractivity (Wildman–Crippen MR) is 115 cm³/mol. The lowest BCUT2D eigenvalue weighted by Crippen LogP contribution is -2.44. The molecule has 0 radical (unpaired) electrons. The van der Waals surface area contributed by atoms with Gasteiger partial charge in [0.15, 0.2) is 0 Å². The molecular weight excluding hydrogens is 384 g/mol. The topological polar surface area (TPSA) is 57.7 Å². The first-order valence-electron chi connectivity index (χ1n) is 10.2. The largest absolute Gasteiger partial charge is 0.338 e. The van der Waals surface area contributed by atoms with Crippen molar-refractivity contribution in [2.24, 2.45) is 5.92 Å². The van der Waals surface area contributed by atoms with E-state index in [1.807, 2.05) is 68.1 Å². The third-order valence-electron chi connectivity index (χ3n) is 5.67. The summed E-state index contributed by atoms with van der Waals surface area (Å²) < 4.78 is 27.7. The number of amides is 1. The highest BCUT2D eigenvalue weighted by atomic mass is 32.2. The van der Waals surface area contributed by atoms with E-state index in [9.17, 15) is 13.2 Å². The van der Waals surface area contributed by atoms with Crippen LogP contribution in [0.3, 0.4) is 0 Å². The van der Waals surface area contributed by atoms with Crippen molar-refractivity contribution in [3.8, 4) is 0 Å². The van der Waals surface area contributed by atoms with Gasteiger partial charge in [-0.3, -0.25) is 4.79 Å². The van der Waals surface area contributed by atoms with Gasteiger partial charge in [-0.05, 0) is 56.4 Å². The molecule has 0 N–H and O–H groups in total. The van der Waals surface area contributed by atoms with Crippen LogP contribution in [0.15, 0.2) is 53.4 Å². The molecule has 0 spiro atoms. The van der Waals surface area contributed by atoms with Crippen molar-refractivity contribution < 1.29 is 13.2 Å². The van der Waals surface area contributed by atoms with Gasteiger partial charge in [0.05, 0.1) is 4.90 Å². The fourth-order valence-corrected chi connectivity index (χ4v) is 5.65. The summed E-state index contributed by atoms with van der Waals surface area (Å²) in [7, 11) is -3.53. The number of carbonyl (C=O) groups is 1. The third-order valence-corrected chi connectivity index (χ3v) is 7.71. The summed E-state index contributed by atoms with van der Waals surface area (Å²) in [6.45, 7) is 7.72. The lowest BCUT2D eigenvalue weighted by molar-refractivity contribution is -0.137. The van der Waals surface area contributed by atoms with E-state index < -0.39 is 10.0 Å². The van der Waals surface area contributed by atoms with Crippen LogP contribution < -0.4 is 0 Å². The molecular formula is C23H30N2O3S. The molecule has 156 valence electrons. The van der Waals surface area contributed by atoms with Gasteiger partial charge in [0.1, 0.15) is 0 Å². The normalized spacial score (nSPS) is 16.0. The molecule has 1 amide bonds. The zero-order valence-corrected chi connectivity index (χ0v) is 18.3. The summed E-state index contributed by atoms with van der Waals surface area (Å²) in [6.07, 6.45) is 1.13. The number of sulfonamides is 1. The fraction of sp³-hybridized carbons (Fsp3) is 0.435.